The Morgan fingerprint density at radius 3 is 2.32 bits per heavy atom. The van der Waals surface area contributed by atoms with Gasteiger partial charge in [0, 0.05) is 48.0 Å². The van der Waals surface area contributed by atoms with Gasteiger partial charge in [0.05, 0.1) is 11.2 Å². The molecule has 0 bridgehead atoms. The molecule has 1 aliphatic rings. The van der Waals surface area contributed by atoms with Crippen molar-refractivity contribution in [2.45, 2.75) is 36.7 Å². The maximum absolute atomic E-state index is 13.3. The maximum atomic E-state index is 13.3. The zero-order chi connectivity index (χ0) is 33.3. The average molecular weight is 678 g/mol. The van der Waals surface area contributed by atoms with E-state index in [1.54, 1.807) is 43.5 Å². The number of pyridine rings is 1. The van der Waals surface area contributed by atoms with E-state index in [0.29, 0.717) is 42.6 Å². The minimum Gasteiger partial charge on any atom is -0.351 e. The van der Waals surface area contributed by atoms with Crippen LogP contribution in [0.3, 0.4) is 0 Å². The van der Waals surface area contributed by atoms with E-state index in [2.05, 4.69) is 30.7 Å². The molecule has 1 saturated heterocycles. The van der Waals surface area contributed by atoms with Crippen LogP contribution in [0.25, 0.3) is 22.4 Å². The molecule has 47 heavy (non-hydrogen) atoms. The van der Waals surface area contributed by atoms with E-state index < -0.39 is 37.6 Å². The smallest absolute Gasteiger partial charge is 0.284 e. The largest absolute Gasteiger partial charge is 0.351 e. The van der Waals surface area contributed by atoms with Crippen molar-refractivity contribution >= 4 is 48.6 Å². The minimum absolute atomic E-state index is 0.0583. The highest BCUT2D eigenvalue weighted by atomic mass is 32.2. The maximum Gasteiger partial charge on any atom is 0.284 e. The van der Waals surface area contributed by atoms with Crippen molar-refractivity contribution in [1.29, 1.82) is 0 Å². The van der Waals surface area contributed by atoms with Gasteiger partial charge in [-0.1, -0.05) is 30.3 Å². The summed E-state index contributed by atoms with van der Waals surface area (Å²) in [4.78, 5) is 39.3. The Kier molecular flexibility index (Phi) is 8.61. The molecule has 15 nitrogen and oxygen atoms in total. The lowest BCUT2D eigenvalue weighted by atomic mass is 10.1. The number of benzene rings is 2. The molecule has 244 valence electrons. The number of rotatable bonds is 9. The summed E-state index contributed by atoms with van der Waals surface area (Å²) >= 11 is 0. The molecule has 1 unspecified atom stereocenters. The van der Waals surface area contributed by atoms with E-state index in [1.165, 1.54) is 45.5 Å². The molecule has 3 aromatic heterocycles. The zero-order valence-corrected chi connectivity index (χ0v) is 27.0. The Morgan fingerprint density at radius 1 is 0.936 bits per heavy atom. The molecule has 0 radical (unpaired) electrons. The molecule has 2 N–H and O–H groups in total. The van der Waals surface area contributed by atoms with Gasteiger partial charge in [-0.2, -0.15) is 13.4 Å². The molecule has 0 spiro atoms. The van der Waals surface area contributed by atoms with E-state index in [1.807, 2.05) is 6.07 Å². The van der Waals surface area contributed by atoms with Gasteiger partial charge in [-0.25, -0.2) is 22.7 Å². The van der Waals surface area contributed by atoms with Crippen LogP contribution in [0.15, 0.2) is 88.9 Å². The molecule has 0 aliphatic carbocycles. The minimum atomic E-state index is -4.05. The Labute approximate surface area is 270 Å². The summed E-state index contributed by atoms with van der Waals surface area (Å²) in [6.07, 6.45) is 4.98. The summed E-state index contributed by atoms with van der Waals surface area (Å²) in [7, 11) is -7.31. The van der Waals surface area contributed by atoms with Gasteiger partial charge in [0.25, 0.3) is 15.6 Å². The standard InChI is InChI=1S/C30H31N9O6S2/c1-20(39-26(40)13-8-22-18-31-30(35-28(22)39)34-24-14-16-37(17-15-24)46(2,42)43)29(41)33-23-9-11-25(12-10-23)47(44,45)38-19-32-27(36-38)21-6-4-3-5-7-21/h3-13,18-20,24H,14-17H2,1-2H3,(H,33,41)(H,31,34,35). The highest BCUT2D eigenvalue weighted by molar-refractivity contribution is 7.89. The number of carbonyl (C=O) groups excluding carboxylic acids is 1. The van der Waals surface area contributed by atoms with Gasteiger partial charge in [-0.05, 0) is 50.1 Å². The molecule has 1 aliphatic heterocycles. The summed E-state index contributed by atoms with van der Waals surface area (Å²) < 4.78 is 53.5. The topological polar surface area (TPSA) is 191 Å². The fourth-order valence-electron chi connectivity index (χ4n) is 5.26. The number of nitrogens with zero attached hydrogens (tertiary/aromatic N) is 7. The average Bonchev–Trinajstić information content (AvgIpc) is 3.57. The van der Waals surface area contributed by atoms with Gasteiger partial charge in [0.2, 0.25) is 21.9 Å². The number of piperidine rings is 1. The van der Waals surface area contributed by atoms with Crippen molar-refractivity contribution in [3.8, 4) is 11.4 Å². The van der Waals surface area contributed by atoms with Crippen molar-refractivity contribution < 1.29 is 21.6 Å². The SMILES string of the molecule is CC(C(=O)Nc1ccc(S(=O)(=O)n2cnc(-c3ccccc3)n2)cc1)n1c(=O)ccc2cnc(NC3CCN(S(C)(=O)=O)CC3)nc21. The van der Waals surface area contributed by atoms with E-state index in [4.69, 9.17) is 0 Å². The van der Waals surface area contributed by atoms with Crippen LogP contribution in [0.5, 0.6) is 0 Å². The lowest BCUT2D eigenvalue weighted by Gasteiger charge is -2.30. The van der Waals surface area contributed by atoms with Crippen LogP contribution in [0.4, 0.5) is 11.6 Å². The Hall–Kier alpha value is -5.00. The van der Waals surface area contributed by atoms with Gasteiger partial charge in [0.15, 0.2) is 5.82 Å². The van der Waals surface area contributed by atoms with Gasteiger partial charge >= 0.3 is 0 Å². The molecule has 1 amide bonds. The lowest BCUT2D eigenvalue weighted by Crippen LogP contribution is -2.42. The molecular formula is C30H31N9O6S2. The third-order valence-electron chi connectivity index (χ3n) is 7.86. The summed E-state index contributed by atoms with van der Waals surface area (Å²) in [5.41, 5.74) is 0.783. The van der Waals surface area contributed by atoms with Gasteiger partial charge in [-0.15, -0.1) is 9.19 Å². The highest BCUT2D eigenvalue weighted by Crippen LogP contribution is 2.22. The van der Waals surface area contributed by atoms with Crippen LogP contribution >= 0.6 is 0 Å². The predicted molar refractivity (Wildman–Crippen MR) is 175 cm³/mol. The molecule has 1 fully saturated rings. The molecule has 6 rings (SSSR count). The number of aromatic nitrogens is 6. The Bertz CT molecular complexity index is 2210. The zero-order valence-electron chi connectivity index (χ0n) is 25.4. The first kappa shape index (κ1) is 32.0. The van der Waals surface area contributed by atoms with Gasteiger partial charge < -0.3 is 10.6 Å². The van der Waals surface area contributed by atoms with Crippen molar-refractivity contribution in [2.75, 3.05) is 30.0 Å². The van der Waals surface area contributed by atoms with Crippen LogP contribution in [0.1, 0.15) is 25.8 Å². The second kappa shape index (κ2) is 12.7. The molecule has 4 heterocycles. The van der Waals surface area contributed by atoms with Crippen LogP contribution in [-0.4, -0.2) is 81.1 Å². The van der Waals surface area contributed by atoms with E-state index in [9.17, 15) is 26.4 Å². The Morgan fingerprint density at radius 2 is 1.64 bits per heavy atom. The van der Waals surface area contributed by atoms with Crippen LogP contribution in [0, 0.1) is 0 Å². The second-order valence-electron chi connectivity index (χ2n) is 11.1. The van der Waals surface area contributed by atoms with Crippen molar-refractivity contribution in [1.82, 2.24) is 33.0 Å². The molecule has 2 aromatic carbocycles. The number of hydrogen-bond donors (Lipinski definition) is 2. The highest BCUT2D eigenvalue weighted by Gasteiger charge is 2.26. The number of nitrogens with one attached hydrogen (secondary N) is 2. The number of carbonyl (C=O) groups is 1. The molecule has 0 saturated carbocycles. The summed E-state index contributed by atoms with van der Waals surface area (Å²) in [5, 5.41) is 10.6. The second-order valence-corrected chi connectivity index (χ2v) is 14.9. The summed E-state index contributed by atoms with van der Waals surface area (Å²) in [5.74, 6) is -0.0126. The van der Waals surface area contributed by atoms with Crippen molar-refractivity contribution in [3.63, 3.8) is 0 Å². The fourth-order valence-corrected chi connectivity index (χ4v) is 7.19. The first-order chi connectivity index (χ1) is 22.4. The molecular weight excluding hydrogens is 647 g/mol. The molecule has 1 atom stereocenters. The number of anilines is 2. The van der Waals surface area contributed by atoms with E-state index in [-0.39, 0.29) is 28.4 Å². The third-order valence-corrected chi connectivity index (χ3v) is 10.7. The molecule has 17 heteroatoms. The first-order valence-electron chi connectivity index (χ1n) is 14.6. The number of sulfonamides is 1. The number of fused-ring (bicyclic) bond motifs is 1. The first-order valence-corrected chi connectivity index (χ1v) is 17.9. The van der Waals surface area contributed by atoms with Crippen molar-refractivity contribution in [2.24, 2.45) is 0 Å². The van der Waals surface area contributed by atoms with Crippen LogP contribution in [0.2, 0.25) is 0 Å². The van der Waals surface area contributed by atoms with E-state index in [0.717, 1.165) is 10.4 Å². The molecule has 5 aromatic rings. The number of amides is 1. The van der Waals surface area contributed by atoms with Gasteiger partial charge in [-0.3, -0.25) is 14.2 Å². The monoisotopic (exact) mass is 677 g/mol. The Balaban J connectivity index is 1.17. The lowest BCUT2D eigenvalue weighted by molar-refractivity contribution is -0.118. The van der Waals surface area contributed by atoms with E-state index >= 15 is 0 Å². The number of hydrogen-bond acceptors (Lipinski definition) is 11. The van der Waals surface area contributed by atoms with Gasteiger partial charge in [0.1, 0.15) is 18.0 Å². The normalized spacial score (nSPS) is 15.4. The quantitative estimate of drug-likeness (QED) is 0.233. The predicted octanol–water partition coefficient (Wildman–Crippen LogP) is 2.32. The van der Waals surface area contributed by atoms with Crippen molar-refractivity contribution in [3.05, 3.63) is 89.6 Å². The van der Waals surface area contributed by atoms with Crippen LogP contribution in [-0.2, 0) is 24.8 Å². The van der Waals surface area contributed by atoms with Crippen LogP contribution < -0.4 is 16.2 Å². The summed E-state index contributed by atoms with van der Waals surface area (Å²) in [6, 6.07) is 16.4. The summed E-state index contributed by atoms with van der Waals surface area (Å²) in [6.45, 7) is 2.29. The fraction of sp³-hybridized carbons (Fsp3) is 0.267. The third kappa shape index (κ3) is 6.77.